The summed E-state index contributed by atoms with van der Waals surface area (Å²) in [7, 11) is 0. The van der Waals surface area contributed by atoms with E-state index in [4.69, 9.17) is 0 Å². The molecular formula is C17H27N3. The van der Waals surface area contributed by atoms with Crippen molar-refractivity contribution in [3.63, 3.8) is 0 Å². The number of nitrogens with zero attached hydrogens (tertiary/aromatic N) is 3. The Balaban J connectivity index is 1.49. The lowest BCUT2D eigenvalue weighted by Crippen LogP contribution is -2.52. The van der Waals surface area contributed by atoms with Gasteiger partial charge in [0.05, 0.1) is 0 Å². The first-order chi connectivity index (χ1) is 9.83. The van der Waals surface area contributed by atoms with Gasteiger partial charge in [-0.15, -0.1) is 0 Å². The molecule has 20 heavy (non-hydrogen) atoms. The van der Waals surface area contributed by atoms with Crippen LogP contribution in [0.5, 0.6) is 0 Å². The summed E-state index contributed by atoms with van der Waals surface area (Å²) in [5, 5.41) is 0. The van der Waals surface area contributed by atoms with E-state index in [0.717, 1.165) is 18.5 Å². The van der Waals surface area contributed by atoms with Gasteiger partial charge in [-0.2, -0.15) is 0 Å². The molecule has 0 N–H and O–H groups in total. The Bertz CT molecular complexity index is 398. The Morgan fingerprint density at radius 1 is 1.05 bits per heavy atom. The van der Waals surface area contributed by atoms with Crippen molar-refractivity contribution in [3.05, 3.63) is 30.1 Å². The van der Waals surface area contributed by atoms with Gasteiger partial charge in [0, 0.05) is 51.2 Å². The number of rotatable bonds is 3. The minimum Gasteiger partial charge on any atom is -0.298 e. The molecule has 2 atom stereocenters. The molecule has 3 rings (SSSR count). The maximum atomic E-state index is 4.09. The molecule has 0 aromatic carbocycles. The third-order valence-corrected chi connectivity index (χ3v) is 5.10. The molecule has 110 valence electrons. The molecule has 1 aliphatic carbocycles. The summed E-state index contributed by atoms with van der Waals surface area (Å²) in [6, 6.07) is 5.12. The van der Waals surface area contributed by atoms with Crippen molar-refractivity contribution in [3.8, 4) is 0 Å². The summed E-state index contributed by atoms with van der Waals surface area (Å²) < 4.78 is 0. The van der Waals surface area contributed by atoms with Gasteiger partial charge in [-0.1, -0.05) is 19.8 Å². The summed E-state index contributed by atoms with van der Waals surface area (Å²) in [6.07, 6.45) is 9.53. The van der Waals surface area contributed by atoms with Crippen molar-refractivity contribution >= 4 is 0 Å². The second-order valence-corrected chi connectivity index (χ2v) is 6.50. The zero-order valence-corrected chi connectivity index (χ0v) is 12.7. The van der Waals surface area contributed by atoms with Gasteiger partial charge in [-0.3, -0.25) is 14.8 Å². The van der Waals surface area contributed by atoms with Gasteiger partial charge in [-0.25, -0.2) is 0 Å². The first kappa shape index (κ1) is 14.0. The predicted octanol–water partition coefficient (Wildman–Crippen LogP) is 2.78. The van der Waals surface area contributed by atoms with Gasteiger partial charge in [-0.05, 0) is 36.5 Å². The summed E-state index contributed by atoms with van der Waals surface area (Å²) in [4.78, 5) is 9.43. The second kappa shape index (κ2) is 6.68. The topological polar surface area (TPSA) is 19.4 Å². The number of piperazine rings is 1. The van der Waals surface area contributed by atoms with E-state index in [-0.39, 0.29) is 0 Å². The second-order valence-electron chi connectivity index (χ2n) is 6.50. The van der Waals surface area contributed by atoms with Crippen LogP contribution in [0.15, 0.2) is 24.5 Å². The van der Waals surface area contributed by atoms with Crippen molar-refractivity contribution < 1.29 is 0 Å². The highest BCUT2D eigenvalue weighted by Gasteiger charge is 2.29. The normalized spacial score (nSPS) is 29.4. The first-order valence-electron chi connectivity index (χ1n) is 8.18. The minimum absolute atomic E-state index is 0.854. The Hall–Kier alpha value is -0.930. The molecule has 2 fully saturated rings. The summed E-state index contributed by atoms with van der Waals surface area (Å²) >= 11 is 0. The summed E-state index contributed by atoms with van der Waals surface area (Å²) in [5.74, 6) is 0.899. The van der Waals surface area contributed by atoms with Crippen molar-refractivity contribution in [2.45, 2.75) is 45.2 Å². The van der Waals surface area contributed by atoms with E-state index in [2.05, 4.69) is 33.8 Å². The summed E-state index contributed by atoms with van der Waals surface area (Å²) in [6.45, 7) is 8.46. The van der Waals surface area contributed by atoms with Crippen molar-refractivity contribution in [1.82, 2.24) is 14.8 Å². The molecule has 3 nitrogen and oxygen atoms in total. The Morgan fingerprint density at radius 2 is 1.75 bits per heavy atom. The zero-order valence-electron chi connectivity index (χ0n) is 12.7. The lowest BCUT2D eigenvalue weighted by Gasteiger charge is -2.43. The maximum Gasteiger partial charge on any atom is 0.0271 e. The number of pyridine rings is 1. The average molecular weight is 273 g/mol. The van der Waals surface area contributed by atoms with Crippen LogP contribution in [-0.2, 0) is 6.54 Å². The van der Waals surface area contributed by atoms with E-state index in [1.807, 2.05) is 12.4 Å². The molecule has 2 aliphatic rings. The van der Waals surface area contributed by atoms with Crippen LogP contribution in [0.2, 0.25) is 0 Å². The van der Waals surface area contributed by atoms with Crippen LogP contribution in [0.3, 0.4) is 0 Å². The lowest BCUT2D eigenvalue weighted by molar-refractivity contribution is 0.0518. The smallest absolute Gasteiger partial charge is 0.0271 e. The lowest BCUT2D eigenvalue weighted by atomic mass is 9.84. The number of hydrogen-bond donors (Lipinski definition) is 0. The molecule has 0 spiro atoms. The number of aromatic nitrogens is 1. The van der Waals surface area contributed by atoms with Crippen LogP contribution in [0.4, 0.5) is 0 Å². The van der Waals surface area contributed by atoms with Gasteiger partial charge in [0.1, 0.15) is 0 Å². The van der Waals surface area contributed by atoms with E-state index < -0.39 is 0 Å². The highest BCUT2D eigenvalue weighted by molar-refractivity contribution is 5.09. The molecule has 3 heteroatoms. The van der Waals surface area contributed by atoms with Gasteiger partial charge in [0.25, 0.3) is 0 Å². The fourth-order valence-corrected chi connectivity index (χ4v) is 3.84. The molecule has 2 heterocycles. The van der Waals surface area contributed by atoms with E-state index in [1.54, 1.807) is 0 Å². The monoisotopic (exact) mass is 273 g/mol. The molecule has 0 amide bonds. The van der Waals surface area contributed by atoms with Crippen LogP contribution in [0.1, 0.15) is 38.2 Å². The predicted molar refractivity (Wildman–Crippen MR) is 82.5 cm³/mol. The SMILES string of the molecule is C[C@@H]1CCCC[C@H]1N1CCN(Cc2ccncc2)CC1. The largest absolute Gasteiger partial charge is 0.298 e. The molecule has 1 aliphatic heterocycles. The maximum absolute atomic E-state index is 4.09. The Labute approximate surface area is 123 Å². The van der Waals surface area contributed by atoms with Crippen molar-refractivity contribution in [2.75, 3.05) is 26.2 Å². The molecule has 0 bridgehead atoms. The van der Waals surface area contributed by atoms with E-state index in [1.165, 1.54) is 57.4 Å². The van der Waals surface area contributed by atoms with E-state index in [9.17, 15) is 0 Å². The Kier molecular flexibility index (Phi) is 4.69. The van der Waals surface area contributed by atoms with Gasteiger partial charge < -0.3 is 0 Å². The van der Waals surface area contributed by atoms with Gasteiger partial charge >= 0.3 is 0 Å². The highest BCUT2D eigenvalue weighted by Crippen LogP contribution is 2.28. The third-order valence-electron chi connectivity index (χ3n) is 5.10. The van der Waals surface area contributed by atoms with Crippen molar-refractivity contribution in [2.24, 2.45) is 5.92 Å². The molecule has 0 unspecified atom stereocenters. The van der Waals surface area contributed by atoms with Gasteiger partial charge in [0.15, 0.2) is 0 Å². The van der Waals surface area contributed by atoms with Crippen LogP contribution in [0.25, 0.3) is 0 Å². The average Bonchev–Trinajstić information content (AvgIpc) is 2.50. The zero-order chi connectivity index (χ0) is 13.8. The van der Waals surface area contributed by atoms with Crippen molar-refractivity contribution in [1.29, 1.82) is 0 Å². The molecule has 1 saturated carbocycles. The van der Waals surface area contributed by atoms with E-state index >= 15 is 0 Å². The van der Waals surface area contributed by atoms with Crippen LogP contribution in [-0.4, -0.2) is 47.0 Å². The standard InChI is InChI=1S/C17H27N3/c1-15-4-2-3-5-17(15)20-12-10-19(11-13-20)14-16-6-8-18-9-7-16/h6-9,15,17H,2-5,10-14H2,1H3/t15-,17-/m1/s1. The van der Waals surface area contributed by atoms with E-state index in [0.29, 0.717) is 0 Å². The molecule has 0 radical (unpaired) electrons. The minimum atomic E-state index is 0.854. The Morgan fingerprint density at radius 3 is 2.45 bits per heavy atom. The van der Waals surface area contributed by atoms with Crippen LogP contribution < -0.4 is 0 Å². The fourth-order valence-electron chi connectivity index (χ4n) is 3.84. The van der Waals surface area contributed by atoms with Crippen LogP contribution >= 0.6 is 0 Å². The number of hydrogen-bond acceptors (Lipinski definition) is 3. The fraction of sp³-hybridized carbons (Fsp3) is 0.706. The van der Waals surface area contributed by atoms with Crippen LogP contribution in [0, 0.1) is 5.92 Å². The molecular weight excluding hydrogens is 246 g/mol. The quantitative estimate of drug-likeness (QED) is 0.844. The first-order valence-corrected chi connectivity index (χ1v) is 8.18. The molecule has 1 aromatic rings. The molecule has 1 aromatic heterocycles. The molecule has 1 saturated heterocycles. The third kappa shape index (κ3) is 3.39. The van der Waals surface area contributed by atoms with Gasteiger partial charge in [0.2, 0.25) is 0 Å². The summed E-state index contributed by atoms with van der Waals surface area (Å²) in [5.41, 5.74) is 1.39. The highest BCUT2D eigenvalue weighted by atomic mass is 15.3.